The molecule has 2 heterocycles. The standard InChI is InChI=1S/C16H17Cl2N3OS.ClH/c1-9-10(2)21(6-5-19-9)16(22)14-8-23-15(20-14)11-3-4-12(17)13(18)7-11;/h3-4,7-10,19H,5-6H2,1-2H3;1H. The summed E-state index contributed by atoms with van der Waals surface area (Å²) < 4.78 is 0. The van der Waals surface area contributed by atoms with Crippen molar-refractivity contribution in [1.82, 2.24) is 15.2 Å². The van der Waals surface area contributed by atoms with Crippen LogP contribution in [-0.2, 0) is 0 Å². The Labute approximate surface area is 161 Å². The number of rotatable bonds is 2. The largest absolute Gasteiger partial charge is 0.332 e. The lowest BCUT2D eigenvalue weighted by Gasteiger charge is -2.38. The fourth-order valence-electron chi connectivity index (χ4n) is 2.62. The average Bonchev–Trinajstić information content (AvgIpc) is 3.02. The number of carbonyl (C=O) groups is 1. The highest BCUT2D eigenvalue weighted by Crippen LogP contribution is 2.30. The molecule has 0 aliphatic carbocycles. The molecular formula is C16H18Cl3N3OS. The highest BCUT2D eigenvalue weighted by Gasteiger charge is 2.29. The van der Waals surface area contributed by atoms with Gasteiger partial charge in [0.15, 0.2) is 0 Å². The van der Waals surface area contributed by atoms with Crippen molar-refractivity contribution in [2.75, 3.05) is 13.1 Å². The number of hydrogen-bond donors (Lipinski definition) is 1. The number of nitrogens with one attached hydrogen (secondary N) is 1. The summed E-state index contributed by atoms with van der Waals surface area (Å²) in [6, 6.07) is 5.79. The first-order valence-electron chi connectivity index (χ1n) is 7.42. The molecule has 2 aromatic rings. The van der Waals surface area contributed by atoms with E-state index in [1.54, 1.807) is 17.5 Å². The second kappa shape index (κ2) is 8.02. The Bertz CT molecular complexity index is 737. The van der Waals surface area contributed by atoms with Gasteiger partial charge >= 0.3 is 0 Å². The van der Waals surface area contributed by atoms with Gasteiger partial charge in [-0.25, -0.2) is 4.98 Å². The van der Waals surface area contributed by atoms with Crippen molar-refractivity contribution in [2.45, 2.75) is 25.9 Å². The predicted octanol–water partition coefficient (Wildman–Crippen LogP) is 4.36. The highest BCUT2D eigenvalue weighted by molar-refractivity contribution is 7.13. The van der Waals surface area contributed by atoms with Crippen LogP contribution in [0.1, 0.15) is 24.3 Å². The number of halogens is 3. The van der Waals surface area contributed by atoms with Gasteiger partial charge in [0, 0.05) is 36.1 Å². The minimum Gasteiger partial charge on any atom is -0.332 e. The number of nitrogens with zero attached hydrogens (tertiary/aromatic N) is 2. The molecule has 2 atom stereocenters. The zero-order valence-electron chi connectivity index (χ0n) is 13.3. The van der Waals surface area contributed by atoms with E-state index in [-0.39, 0.29) is 30.4 Å². The first-order valence-corrected chi connectivity index (χ1v) is 9.06. The Balaban J connectivity index is 0.00000208. The van der Waals surface area contributed by atoms with Crippen LogP contribution in [0.25, 0.3) is 10.6 Å². The molecule has 8 heteroatoms. The number of amides is 1. The molecule has 1 fully saturated rings. The fourth-order valence-corrected chi connectivity index (χ4v) is 3.71. The number of benzene rings is 1. The summed E-state index contributed by atoms with van der Waals surface area (Å²) >= 11 is 13.4. The molecule has 0 radical (unpaired) electrons. The van der Waals surface area contributed by atoms with Crippen LogP contribution in [0.5, 0.6) is 0 Å². The van der Waals surface area contributed by atoms with Crippen molar-refractivity contribution < 1.29 is 4.79 Å². The van der Waals surface area contributed by atoms with E-state index in [1.807, 2.05) is 11.0 Å². The van der Waals surface area contributed by atoms with Gasteiger partial charge in [-0.1, -0.05) is 29.3 Å². The number of carbonyl (C=O) groups excluding carboxylic acids is 1. The third-order valence-electron chi connectivity index (χ3n) is 4.18. The Morgan fingerprint density at radius 2 is 2.08 bits per heavy atom. The lowest BCUT2D eigenvalue weighted by atomic mass is 10.1. The predicted molar refractivity (Wildman–Crippen MR) is 103 cm³/mol. The lowest BCUT2D eigenvalue weighted by molar-refractivity contribution is 0.0598. The van der Waals surface area contributed by atoms with Crippen LogP contribution >= 0.6 is 46.9 Å². The summed E-state index contributed by atoms with van der Waals surface area (Å²) in [7, 11) is 0. The van der Waals surface area contributed by atoms with Crippen molar-refractivity contribution in [3.63, 3.8) is 0 Å². The third kappa shape index (κ3) is 3.86. The number of hydrogen-bond acceptors (Lipinski definition) is 4. The minimum absolute atomic E-state index is 0. The van der Waals surface area contributed by atoms with E-state index in [1.165, 1.54) is 11.3 Å². The number of piperazine rings is 1. The molecule has 1 aliphatic heterocycles. The highest BCUT2D eigenvalue weighted by atomic mass is 35.5. The zero-order chi connectivity index (χ0) is 16.6. The van der Waals surface area contributed by atoms with Crippen LogP contribution in [0.15, 0.2) is 23.6 Å². The van der Waals surface area contributed by atoms with E-state index in [0.29, 0.717) is 22.3 Å². The molecule has 24 heavy (non-hydrogen) atoms. The molecule has 1 saturated heterocycles. The quantitative estimate of drug-likeness (QED) is 0.806. The average molecular weight is 407 g/mol. The summed E-state index contributed by atoms with van der Waals surface area (Å²) in [6.45, 7) is 5.65. The molecule has 4 nitrogen and oxygen atoms in total. The monoisotopic (exact) mass is 405 g/mol. The van der Waals surface area contributed by atoms with Gasteiger partial charge in [-0.3, -0.25) is 4.79 Å². The molecule has 1 aromatic heterocycles. The summed E-state index contributed by atoms with van der Waals surface area (Å²) in [4.78, 5) is 19.1. The van der Waals surface area contributed by atoms with Gasteiger partial charge in [0.2, 0.25) is 0 Å². The topological polar surface area (TPSA) is 45.2 Å². The Hall–Kier alpha value is -0.850. The Kier molecular flexibility index (Phi) is 6.51. The van der Waals surface area contributed by atoms with Crippen molar-refractivity contribution in [2.24, 2.45) is 0 Å². The van der Waals surface area contributed by atoms with Crippen molar-refractivity contribution >= 4 is 52.9 Å². The Morgan fingerprint density at radius 1 is 1.33 bits per heavy atom. The van der Waals surface area contributed by atoms with Crippen LogP contribution in [-0.4, -0.2) is 41.0 Å². The maximum atomic E-state index is 12.7. The minimum atomic E-state index is -0.0200. The molecule has 3 rings (SSSR count). The Morgan fingerprint density at radius 3 is 2.79 bits per heavy atom. The number of aromatic nitrogens is 1. The molecular weight excluding hydrogens is 389 g/mol. The van der Waals surface area contributed by atoms with Gasteiger partial charge in [0.25, 0.3) is 5.91 Å². The molecule has 0 saturated carbocycles. The molecule has 0 bridgehead atoms. The molecule has 1 N–H and O–H groups in total. The first kappa shape index (κ1) is 19.5. The van der Waals surface area contributed by atoms with Crippen LogP contribution in [0.2, 0.25) is 10.0 Å². The van der Waals surface area contributed by atoms with Gasteiger partial charge in [-0.05, 0) is 26.0 Å². The molecule has 1 aliphatic rings. The second-order valence-electron chi connectivity index (χ2n) is 5.65. The van der Waals surface area contributed by atoms with E-state index in [0.717, 1.165) is 17.1 Å². The number of thiazole rings is 1. The first-order chi connectivity index (χ1) is 11.0. The second-order valence-corrected chi connectivity index (χ2v) is 7.32. The molecule has 0 spiro atoms. The van der Waals surface area contributed by atoms with Gasteiger partial charge in [0.05, 0.1) is 10.0 Å². The maximum absolute atomic E-state index is 12.7. The normalized spacial score (nSPS) is 20.6. The maximum Gasteiger partial charge on any atom is 0.273 e. The third-order valence-corrected chi connectivity index (χ3v) is 5.82. The molecule has 130 valence electrons. The smallest absolute Gasteiger partial charge is 0.273 e. The summed E-state index contributed by atoms with van der Waals surface area (Å²) in [5.41, 5.74) is 1.35. The van der Waals surface area contributed by atoms with Crippen LogP contribution in [0.3, 0.4) is 0 Å². The van der Waals surface area contributed by atoms with Crippen molar-refractivity contribution in [3.8, 4) is 10.6 Å². The van der Waals surface area contributed by atoms with E-state index in [4.69, 9.17) is 23.2 Å². The summed E-state index contributed by atoms with van der Waals surface area (Å²) in [5, 5.41) is 6.93. The fraction of sp³-hybridized carbons (Fsp3) is 0.375. The summed E-state index contributed by atoms with van der Waals surface area (Å²) in [6.07, 6.45) is 0. The van der Waals surface area contributed by atoms with E-state index in [2.05, 4.69) is 24.1 Å². The summed E-state index contributed by atoms with van der Waals surface area (Å²) in [5.74, 6) is -0.0200. The van der Waals surface area contributed by atoms with Crippen molar-refractivity contribution in [3.05, 3.63) is 39.3 Å². The molecule has 1 aromatic carbocycles. The SMILES string of the molecule is CC1NCCN(C(=O)c2csc(-c3ccc(Cl)c(Cl)c3)n2)C1C.Cl. The zero-order valence-corrected chi connectivity index (χ0v) is 16.4. The van der Waals surface area contributed by atoms with Gasteiger partial charge in [-0.15, -0.1) is 23.7 Å². The lowest BCUT2D eigenvalue weighted by Crippen LogP contribution is -2.57. The van der Waals surface area contributed by atoms with Crippen molar-refractivity contribution in [1.29, 1.82) is 0 Å². The van der Waals surface area contributed by atoms with E-state index in [9.17, 15) is 4.79 Å². The van der Waals surface area contributed by atoms with Crippen LogP contribution in [0, 0.1) is 0 Å². The van der Waals surface area contributed by atoms with Crippen LogP contribution < -0.4 is 5.32 Å². The van der Waals surface area contributed by atoms with Gasteiger partial charge in [-0.2, -0.15) is 0 Å². The van der Waals surface area contributed by atoms with Gasteiger partial charge in [0.1, 0.15) is 10.7 Å². The van der Waals surface area contributed by atoms with E-state index >= 15 is 0 Å². The molecule has 1 amide bonds. The van der Waals surface area contributed by atoms with Gasteiger partial charge < -0.3 is 10.2 Å². The van der Waals surface area contributed by atoms with Crippen LogP contribution in [0.4, 0.5) is 0 Å². The van der Waals surface area contributed by atoms with E-state index < -0.39 is 0 Å². The molecule has 2 unspecified atom stereocenters.